The van der Waals surface area contributed by atoms with E-state index >= 15 is 0 Å². The summed E-state index contributed by atoms with van der Waals surface area (Å²) in [5, 5.41) is 24.6. The third kappa shape index (κ3) is 4.05. The van der Waals surface area contributed by atoms with Crippen LogP contribution in [0.5, 0.6) is 0 Å². The Morgan fingerprint density at radius 3 is 2.34 bits per heavy atom. The van der Waals surface area contributed by atoms with Crippen LogP contribution in [0, 0.1) is 0 Å². The summed E-state index contributed by atoms with van der Waals surface area (Å²) in [5.41, 5.74) is -2.86. The zero-order valence-corrected chi connectivity index (χ0v) is 20.6. The lowest BCUT2D eigenvalue weighted by atomic mass is 9.37. The fraction of sp³-hybridized carbons (Fsp3) is 0.400. The average Bonchev–Trinajstić information content (AvgIpc) is 3.24. The first-order valence-electron chi connectivity index (χ1n) is 12.2. The number of anilines is 1. The Morgan fingerprint density at radius 2 is 1.63 bits per heavy atom. The number of carbonyl (C=O) groups is 3. The van der Waals surface area contributed by atoms with Crippen molar-refractivity contribution in [2.45, 2.75) is 36.1 Å². The molecule has 0 spiro atoms. The van der Waals surface area contributed by atoms with Gasteiger partial charge >= 0.3 is 0 Å². The minimum absolute atomic E-state index is 0.185. The highest BCUT2D eigenvalue weighted by atomic mass is 16.5. The molecule has 3 heterocycles. The third-order valence-corrected chi connectivity index (χ3v) is 7.53. The van der Waals surface area contributed by atoms with E-state index in [1.165, 1.54) is 6.07 Å². The van der Waals surface area contributed by atoms with Crippen molar-refractivity contribution in [1.29, 1.82) is 0 Å². The van der Waals surface area contributed by atoms with Crippen LogP contribution in [-0.2, 0) is 34.0 Å². The summed E-state index contributed by atoms with van der Waals surface area (Å²) >= 11 is 0. The van der Waals surface area contributed by atoms with E-state index < -0.39 is 34.2 Å². The molecule has 3 aliphatic rings. The first-order valence-corrected chi connectivity index (χ1v) is 12.2. The number of nitrogens with one attached hydrogen (secondary N) is 2. The van der Waals surface area contributed by atoms with Gasteiger partial charge in [0, 0.05) is 48.2 Å². The van der Waals surface area contributed by atoms with Crippen LogP contribution in [0.3, 0.4) is 0 Å². The number of fused-ring (bicyclic) bond motifs is 1. The molecule has 6 radical (unpaired) electrons. The highest BCUT2D eigenvalue weighted by Crippen LogP contribution is 2.46. The lowest BCUT2D eigenvalue weighted by molar-refractivity contribution is -0.206. The maximum Gasteiger partial charge on any atom is 0.282 e. The normalized spacial score (nSPS) is 27.2. The zero-order valence-electron chi connectivity index (χ0n) is 20.6. The molecular weight excluding hydrogens is 485 g/mol. The van der Waals surface area contributed by atoms with E-state index in [4.69, 9.17) is 28.3 Å². The topological polar surface area (TPSA) is 131 Å². The summed E-state index contributed by atoms with van der Waals surface area (Å²) in [6.07, 6.45) is 0. The number of rotatable bonds is 6. The van der Waals surface area contributed by atoms with Gasteiger partial charge in [-0.1, -0.05) is 30.3 Å². The molecule has 2 saturated heterocycles. The number of ether oxygens (including phenoxy) is 1. The quantitative estimate of drug-likeness (QED) is 0.280. The van der Waals surface area contributed by atoms with Crippen LogP contribution < -0.4 is 10.6 Å². The number of morpholine rings is 1. The second-order valence-electron chi connectivity index (χ2n) is 9.82. The second kappa shape index (κ2) is 9.57. The summed E-state index contributed by atoms with van der Waals surface area (Å²) in [5.74, 6) is -3.49. The lowest BCUT2D eigenvalue weighted by Gasteiger charge is -2.55. The number of nitrogens with zero attached hydrogens (tertiary/aromatic N) is 2. The zero-order chi connectivity index (χ0) is 27.3. The summed E-state index contributed by atoms with van der Waals surface area (Å²) in [6.45, 7) is 4.03. The molecular formula is C25H25B3N4O6. The van der Waals surface area contributed by atoms with Gasteiger partial charge in [-0.15, -0.1) is 0 Å². The number of hydrogen-bond donors (Lipinski definition) is 4. The predicted molar refractivity (Wildman–Crippen MR) is 139 cm³/mol. The number of carbonyl (C=O) groups excluding carboxylic acids is 3. The van der Waals surface area contributed by atoms with E-state index in [0.29, 0.717) is 35.9 Å². The standard InChI is InChI=1S/C25H25B3N4O6/c26-23(27)21(34)30-22(35)24(36,25(23,28)37)32-14-18-17(20(32)33)6-3-7-19(18)29-12-15-4-1-2-5-16(15)13-31-8-10-38-11-9-31/h1-7,29,36-37H,8-14H2,(H,30,34,35). The number of piperidine rings is 1. The van der Waals surface area contributed by atoms with Crippen LogP contribution in [-0.4, -0.2) is 98.8 Å². The molecule has 0 bridgehead atoms. The third-order valence-electron chi connectivity index (χ3n) is 7.53. The molecule has 0 aromatic heterocycles. The Bertz CT molecular complexity index is 1300. The number of hydrogen-bond acceptors (Lipinski definition) is 8. The largest absolute Gasteiger partial charge is 0.395 e. The van der Waals surface area contributed by atoms with Gasteiger partial charge in [-0.2, -0.15) is 0 Å². The highest BCUT2D eigenvalue weighted by Gasteiger charge is 2.68. The molecule has 2 fully saturated rings. The van der Waals surface area contributed by atoms with Crippen molar-refractivity contribution < 1.29 is 29.3 Å². The van der Waals surface area contributed by atoms with Crippen molar-refractivity contribution in [3.05, 3.63) is 64.7 Å². The van der Waals surface area contributed by atoms with Crippen molar-refractivity contribution in [3.63, 3.8) is 0 Å². The molecule has 3 amide bonds. The van der Waals surface area contributed by atoms with Crippen molar-refractivity contribution >= 4 is 46.9 Å². The Morgan fingerprint density at radius 1 is 0.947 bits per heavy atom. The van der Waals surface area contributed by atoms with Crippen LogP contribution in [0.15, 0.2) is 42.5 Å². The van der Waals surface area contributed by atoms with E-state index in [2.05, 4.69) is 16.3 Å². The van der Waals surface area contributed by atoms with Crippen LogP contribution >= 0.6 is 0 Å². The fourth-order valence-electron chi connectivity index (χ4n) is 5.09. The minimum Gasteiger partial charge on any atom is -0.395 e. The number of aliphatic hydroxyl groups is 2. The second-order valence-corrected chi connectivity index (χ2v) is 9.82. The molecule has 38 heavy (non-hydrogen) atoms. The van der Waals surface area contributed by atoms with E-state index in [1.54, 1.807) is 17.4 Å². The molecule has 2 aromatic rings. The smallest absolute Gasteiger partial charge is 0.282 e. The van der Waals surface area contributed by atoms with E-state index in [9.17, 15) is 24.6 Å². The van der Waals surface area contributed by atoms with Gasteiger partial charge < -0.3 is 20.3 Å². The Kier molecular flexibility index (Phi) is 6.67. The molecule has 2 aromatic carbocycles. The Labute approximate surface area is 223 Å². The number of amides is 3. The van der Waals surface area contributed by atoms with Crippen LogP contribution in [0.1, 0.15) is 27.0 Å². The molecule has 190 valence electrons. The highest BCUT2D eigenvalue weighted by molar-refractivity contribution is 6.57. The summed E-state index contributed by atoms with van der Waals surface area (Å²) < 4.78 is 5.44. The first-order chi connectivity index (χ1) is 18.0. The molecule has 2 atom stereocenters. The van der Waals surface area contributed by atoms with Crippen molar-refractivity contribution in [2.75, 3.05) is 31.6 Å². The molecule has 13 heteroatoms. The average molecular weight is 510 g/mol. The summed E-state index contributed by atoms with van der Waals surface area (Å²) in [4.78, 5) is 41.2. The molecule has 3 aliphatic heterocycles. The van der Waals surface area contributed by atoms with Gasteiger partial charge in [0.2, 0.25) is 11.6 Å². The van der Waals surface area contributed by atoms with E-state index in [-0.39, 0.29) is 12.1 Å². The van der Waals surface area contributed by atoms with Gasteiger partial charge in [-0.25, -0.2) is 0 Å². The predicted octanol–water partition coefficient (Wildman–Crippen LogP) is -1.26. The maximum absolute atomic E-state index is 13.3. The molecule has 5 rings (SSSR count). The molecule has 4 N–H and O–H groups in total. The number of imide groups is 1. The van der Waals surface area contributed by atoms with E-state index in [1.807, 2.05) is 18.2 Å². The first kappa shape index (κ1) is 26.5. The van der Waals surface area contributed by atoms with Gasteiger partial charge in [0.25, 0.3) is 11.8 Å². The van der Waals surface area contributed by atoms with Gasteiger partial charge in [-0.3, -0.25) is 29.5 Å². The molecule has 0 saturated carbocycles. The molecule has 2 unspecified atom stereocenters. The maximum atomic E-state index is 13.3. The summed E-state index contributed by atoms with van der Waals surface area (Å²) in [6, 6.07) is 13.0. The van der Waals surface area contributed by atoms with Crippen molar-refractivity contribution in [1.82, 2.24) is 15.1 Å². The van der Waals surface area contributed by atoms with E-state index in [0.717, 1.165) is 30.8 Å². The number of benzene rings is 2. The van der Waals surface area contributed by atoms with Crippen molar-refractivity contribution in [3.8, 4) is 0 Å². The van der Waals surface area contributed by atoms with Gasteiger partial charge in [0.15, 0.2) is 0 Å². The molecule has 10 nitrogen and oxygen atoms in total. The van der Waals surface area contributed by atoms with Gasteiger partial charge in [-0.05, 0) is 23.3 Å². The Hall–Kier alpha value is -3.12. The minimum atomic E-state index is -3.19. The Balaban J connectivity index is 1.39. The van der Waals surface area contributed by atoms with Crippen LogP contribution in [0.2, 0.25) is 5.21 Å². The van der Waals surface area contributed by atoms with Gasteiger partial charge in [0.05, 0.1) is 41.0 Å². The van der Waals surface area contributed by atoms with Gasteiger partial charge in [0.1, 0.15) is 7.85 Å². The molecule has 0 aliphatic carbocycles. The fourth-order valence-corrected chi connectivity index (χ4v) is 5.09. The van der Waals surface area contributed by atoms with Crippen LogP contribution in [0.25, 0.3) is 0 Å². The van der Waals surface area contributed by atoms with Crippen molar-refractivity contribution in [2.24, 2.45) is 0 Å². The lowest BCUT2D eigenvalue weighted by Crippen LogP contribution is -2.81. The van der Waals surface area contributed by atoms with Crippen LogP contribution in [0.4, 0.5) is 5.69 Å². The monoisotopic (exact) mass is 510 g/mol. The summed E-state index contributed by atoms with van der Waals surface area (Å²) in [7, 11) is 17.2. The SMILES string of the molecule is [B]C1([B])C(=O)NC(=O)C(O)(N2Cc3c(NCc4ccccc4CN4CCOCC4)cccc3C2=O)C1([B])O.